The Morgan fingerprint density at radius 2 is 2.16 bits per heavy atom. The summed E-state index contributed by atoms with van der Waals surface area (Å²) >= 11 is 5.89. The monoisotopic (exact) mass is 460 g/mol. The van der Waals surface area contributed by atoms with Crippen LogP contribution < -0.4 is 14.8 Å². The van der Waals surface area contributed by atoms with E-state index in [1.807, 2.05) is 0 Å². The molecule has 2 heterocycles. The van der Waals surface area contributed by atoms with Gasteiger partial charge in [-0.3, -0.25) is 4.79 Å². The lowest BCUT2D eigenvalue weighted by Crippen LogP contribution is -2.45. The van der Waals surface area contributed by atoms with Gasteiger partial charge in [0, 0.05) is 23.7 Å². The fourth-order valence-electron chi connectivity index (χ4n) is 3.67. The SMILES string of the molecule is COc1cc2ncnc(Nc3ccc(F)c(Cl)c3)c2cc1OC1CCCN(C(=O)CO)C1. The lowest BCUT2D eigenvalue weighted by atomic mass is 10.1. The van der Waals surface area contributed by atoms with Gasteiger partial charge in [0.25, 0.3) is 0 Å². The molecule has 0 aliphatic carbocycles. The van der Waals surface area contributed by atoms with E-state index >= 15 is 0 Å². The summed E-state index contributed by atoms with van der Waals surface area (Å²) < 4.78 is 25.2. The van der Waals surface area contributed by atoms with Crippen molar-refractivity contribution in [2.75, 3.05) is 32.1 Å². The van der Waals surface area contributed by atoms with Crippen LogP contribution in [0, 0.1) is 5.82 Å². The smallest absolute Gasteiger partial charge is 0.248 e. The number of likely N-dealkylation sites (tertiary alicyclic amines) is 1. The summed E-state index contributed by atoms with van der Waals surface area (Å²) in [7, 11) is 1.54. The molecule has 0 saturated carbocycles. The Bertz CT molecular complexity index is 1150. The molecule has 0 radical (unpaired) electrons. The first-order chi connectivity index (χ1) is 15.5. The molecule has 1 fully saturated rings. The third-order valence-corrected chi connectivity index (χ3v) is 5.55. The summed E-state index contributed by atoms with van der Waals surface area (Å²) in [5.41, 5.74) is 1.20. The Labute approximate surface area is 188 Å². The molecule has 0 spiro atoms. The zero-order chi connectivity index (χ0) is 22.7. The molecule has 2 N–H and O–H groups in total. The van der Waals surface area contributed by atoms with Crippen LogP contribution in [-0.4, -0.2) is 58.8 Å². The van der Waals surface area contributed by atoms with Crippen molar-refractivity contribution in [3.63, 3.8) is 0 Å². The van der Waals surface area contributed by atoms with Crippen LogP contribution >= 0.6 is 11.6 Å². The number of ether oxygens (including phenoxy) is 2. The highest BCUT2D eigenvalue weighted by Crippen LogP contribution is 2.36. The maximum atomic E-state index is 13.5. The quantitative estimate of drug-likeness (QED) is 0.580. The zero-order valence-electron chi connectivity index (χ0n) is 17.3. The average molecular weight is 461 g/mol. The Hall–Kier alpha value is -3.17. The number of aromatic nitrogens is 2. The standard InChI is InChI=1S/C22H22ClFN4O4/c1-31-19-9-18-15(8-20(19)32-14-3-2-6-28(10-14)21(30)11-29)22(26-12-25-18)27-13-4-5-17(24)16(23)7-13/h4-5,7-9,12,14,29H,2-3,6,10-11H2,1H3,(H,25,26,27). The molecular formula is C22H22ClFN4O4. The lowest BCUT2D eigenvalue weighted by Gasteiger charge is -2.32. The second-order valence-corrected chi connectivity index (χ2v) is 7.78. The number of methoxy groups -OCH3 is 1. The van der Waals surface area contributed by atoms with Crippen LogP contribution in [0.3, 0.4) is 0 Å². The number of fused-ring (bicyclic) bond motifs is 1. The highest BCUT2D eigenvalue weighted by Gasteiger charge is 2.25. The Morgan fingerprint density at radius 3 is 2.91 bits per heavy atom. The van der Waals surface area contributed by atoms with E-state index in [4.69, 9.17) is 26.2 Å². The van der Waals surface area contributed by atoms with Gasteiger partial charge in [-0.1, -0.05) is 11.6 Å². The molecule has 1 amide bonds. The first-order valence-corrected chi connectivity index (χ1v) is 10.5. The van der Waals surface area contributed by atoms with E-state index in [9.17, 15) is 9.18 Å². The minimum atomic E-state index is -0.522. The van der Waals surface area contributed by atoms with E-state index in [-0.39, 0.29) is 17.0 Å². The molecule has 1 atom stereocenters. The molecule has 32 heavy (non-hydrogen) atoms. The van der Waals surface area contributed by atoms with Crippen molar-refractivity contribution < 1.29 is 23.8 Å². The van der Waals surface area contributed by atoms with Gasteiger partial charge in [-0.15, -0.1) is 0 Å². The van der Waals surface area contributed by atoms with E-state index in [0.717, 1.165) is 12.8 Å². The van der Waals surface area contributed by atoms with Crippen molar-refractivity contribution in [2.24, 2.45) is 0 Å². The number of piperidine rings is 1. The molecule has 4 rings (SSSR count). The number of rotatable bonds is 6. The number of hydrogen-bond acceptors (Lipinski definition) is 7. The van der Waals surface area contributed by atoms with E-state index < -0.39 is 12.4 Å². The van der Waals surface area contributed by atoms with Gasteiger partial charge >= 0.3 is 0 Å². The van der Waals surface area contributed by atoms with Gasteiger partial charge in [-0.25, -0.2) is 14.4 Å². The number of nitrogens with one attached hydrogen (secondary N) is 1. The third-order valence-electron chi connectivity index (χ3n) is 5.26. The third kappa shape index (κ3) is 4.68. The number of hydrogen-bond donors (Lipinski definition) is 2. The Kier molecular flexibility index (Phi) is 6.57. The second kappa shape index (κ2) is 9.54. The minimum Gasteiger partial charge on any atom is -0.493 e. The number of aliphatic hydroxyl groups excluding tert-OH is 1. The molecule has 1 aliphatic rings. The number of carbonyl (C=O) groups is 1. The van der Waals surface area contributed by atoms with E-state index in [1.165, 1.54) is 25.6 Å². The van der Waals surface area contributed by atoms with Gasteiger partial charge in [0.15, 0.2) is 11.5 Å². The zero-order valence-corrected chi connectivity index (χ0v) is 18.1. The molecule has 3 aromatic rings. The van der Waals surface area contributed by atoms with Crippen molar-refractivity contribution in [1.82, 2.24) is 14.9 Å². The van der Waals surface area contributed by atoms with Gasteiger partial charge in [0.05, 0.1) is 24.2 Å². The first kappa shape index (κ1) is 22.0. The van der Waals surface area contributed by atoms with E-state index in [2.05, 4.69) is 15.3 Å². The number of nitrogens with zero attached hydrogens (tertiary/aromatic N) is 3. The van der Waals surface area contributed by atoms with Crippen molar-refractivity contribution in [3.05, 3.63) is 47.5 Å². The van der Waals surface area contributed by atoms with Crippen LogP contribution in [0.2, 0.25) is 5.02 Å². The van der Waals surface area contributed by atoms with Crippen molar-refractivity contribution in [1.29, 1.82) is 0 Å². The largest absolute Gasteiger partial charge is 0.493 e. The van der Waals surface area contributed by atoms with Crippen LogP contribution in [0.4, 0.5) is 15.9 Å². The van der Waals surface area contributed by atoms with Gasteiger partial charge < -0.3 is 24.8 Å². The van der Waals surface area contributed by atoms with E-state index in [1.54, 1.807) is 23.1 Å². The molecule has 1 aliphatic heterocycles. The topological polar surface area (TPSA) is 96.8 Å². The summed E-state index contributed by atoms with van der Waals surface area (Å²) in [4.78, 5) is 22.1. The number of amides is 1. The van der Waals surface area contributed by atoms with Gasteiger partial charge in [-0.05, 0) is 37.1 Å². The molecule has 10 heteroatoms. The van der Waals surface area contributed by atoms with Crippen LogP contribution in [0.1, 0.15) is 12.8 Å². The molecular weight excluding hydrogens is 439 g/mol. The number of benzene rings is 2. The van der Waals surface area contributed by atoms with Crippen LogP contribution in [0.15, 0.2) is 36.7 Å². The lowest BCUT2D eigenvalue weighted by molar-refractivity contribution is -0.136. The maximum absolute atomic E-state index is 13.5. The van der Waals surface area contributed by atoms with Crippen molar-refractivity contribution in [2.45, 2.75) is 18.9 Å². The number of carbonyl (C=O) groups excluding carboxylic acids is 1. The molecule has 2 aromatic carbocycles. The van der Waals surface area contributed by atoms with Gasteiger partial charge in [0.2, 0.25) is 5.91 Å². The van der Waals surface area contributed by atoms with Crippen molar-refractivity contribution >= 4 is 39.9 Å². The van der Waals surface area contributed by atoms with Crippen LogP contribution in [-0.2, 0) is 4.79 Å². The average Bonchev–Trinajstić information content (AvgIpc) is 2.81. The van der Waals surface area contributed by atoms with Crippen LogP contribution in [0.25, 0.3) is 10.9 Å². The number of aliphatic hydroxyl groups is 1. The number of anilines is 2. The summed E-state index contributed by atoms with van der Waals surface area (Å²) in [6, 6.07) is 7.82. The van der Waals surface area contributed by atoms with Crippen molar-refractivity contribution in [3.8, 4) is 11.5 Å². The maximum Gasteiger partial charge on any atom is 0.248 e. The second-order valence-electron chi connectivity index (χ2n) is 7.38. The molecule has 168 valence electrons. The van der Waals surface area contributed by atoms with Gasteiger partial charge in [0.1, 0.15) is 30.7 Å². The highest BCUT2D eigenvalue weighted by atomic mass is 35.5. The molecule has 1 aromatic heterocycles. The minimum absolute atomic E-state index is 0.00154. The number of halogens is 2. The summed E-state index contributed by atoms with van der Waals surface area (Å²) in [6.07, 6.45) is 2.70. The summed E-state index contributed by atoms with van der Waals surface area (Å²) in [5.74, 6) is 0.648. The fraction of sp³-hybridized carbons (Fsp3) is 0.318. The first-order valence-electron chi connectivity index (χ1n) is 10.1. The summed E-state index contributed by atoms with van der Waals surface area (Å²) in [5, 5.41) is 12.9. The van der Waals surface area contributed by atoms with E-state index in [0.29, 0.717) is 47.0 Å². The molecule has 1 saturated heterocycles. The fourth-order valence-corrected chi connectivity index (χ4v) is 3.85. The van der Waals surface area contributed by atoms with Gasteiger partial charge in [-0.2, -0.15) is 0 Å². The van der Waals surface area contributed by atoms with Crippen LogP contribution in [0.5, 0.6) is 11.5 Å². The highest BCUT2D eigenvalue weighted by molar-refractivity contribution is 6.31. The summed E-state index contributed by atoms with van der Waals surface area (Å²) in [6.45, 7) is 0.451. The Balaban J connectivity index is 1.64. The molecule has 1 unspecified atom stereocenters. The predicted octanol–water partition coefficient (Wildman–Crippen LogP) is 3.54. The molecule has 8 nitrogen and oxygen atoms in total. The predicted molar refractivity (Wildman–Crippen MR) is 118 cm³/mol. The molecule has 0 bridgehead atoms. The normalized spacial score (nSPS) is 16.1. The Morgan fingerprint density at radius 1 is 1.31 bits per heavy atom.